The second-order valence-corrected chi connectivity index (χ2v) is 32.8. The molecule has 0 aromatic heterocycles. The van der Waals surface area contributed by atoms with Gasteiger partial charge in [-0.05, 0) is 215 Å². The van der Waals surface area contributed by atoms with Gasteiger partial charge in [0, 0.05) is 37.6 Å². The Morgan fingerprint density at radius 1 is 0.529 bits per heavy atom. The fraction of sp³-hybridized carbons (Fsp3) is 0.676. The summed E-state index contributed by atoms with van der Waals surface area (Å²) in [6, 6.07) is 18.9. The zero-order chi connectivity index (χ0) is 73.2. The standard InChI is InChI=1S/C26H30F6N2O2S.C24H30F3N3O2.C22H28N2O2S.C2H2F3I/c1-36-19-8-10-23(11-9-19)13-18-7-6-17(5-4-16-2-3-16)12-20(18)26(23)21(35)34(14-24(27,28)29)22(33-26)37-15-25(30,31)32;1-32-18-8-10-22(11-9-18)13-17-7-6-16(5-4-15-2-3-15)12-19(17)24(22)20(31)30(21(28)29-24)14-23(25,26)27;1-26-17-8-10-21(11-9-17)13-16-7-6-15(5-4-14-2-3-14)12-18(16)22(21)19(25)23-20(27)24-22;3-2(4,5)1-6/h6-7,12,16,19H,2-5,8-11,13-15H2,1H3;6-7,12,15,18H,2-5,8-11,13-14H2,1H3,(H2,28,29);6-7,12,14,17H,2-5,8-11,13H2,1H3,(H2,23,24,25,27);1H2. The molecule has 28 heteroatoms. The molecule has 3 unspecified atom stereocenters. The summed E-state index contributed by atoms with van der Waals surface area (Å²) in [5, 5.41) is 6.36. The molecule has 6 spiro atoms. The van der Waals surface area contributed by atoms with E-state index in [1.807, 2.05) is 24.3 Å². The lowest BCUT2D eigenvalue weighted by molar-refractivity contribution is -0.158. The molecular formula is C74H90F12IN7O6S2. The first-order valence-corrected chi connectivity index (χ1v) is 38.7. The number of hydrogen-bond acceptors (Lipinski definition) is 11. The normalized spacial score (nSPS) is 30.8. The van der Waals surface area contributed by atoms with Crippen LogP contribution in [0.25, 0.3) is 0 Å². The lowest BCUT2D eigenvalue weighted by atomic mass is 9.61. The summed E-state index contributed by atoms with van der Waals surface area (Å²) < 4.78 is 168. The van der Waals surface area contributed by atoms with E-state index in [2.05, 4.69) is 51.0 Å². The number of carbonyl (C=O) groups is 3. The second-order valence-electron chi connectivity index (χ2n) is 30.7. The van der Waals surface area contributed by atoms with Crippen molar-refractivity contribution < 1.29 is 81.3 Å². The van der Waals surface area contributed by atoms with E-state index in [1.54, 1.807) is 21.3 Å². The van der Waals surface area contributed by atoms with Gasteiger partial charge in [0.2, 0.25) is 0 Å². The van der Waals surface area contributed by atoms with Crippen LogP contribution in [0.3, 0.4) is 0 Å². The number of rotatable bonds is 15. The number of alkyl halides is 13. The molecule has 3 aliphatic heterocycles. The highest BCUT2D eigenvalue weighted by Gasteiger charge is 2.70. The predicted octanol–water partition coefficient (Wildman–Crippen LogP) is 15.8. The summed E-state index contributed by atoms with van der Waals surface area (Å²) >= 11 is 6.82. The minimum absolute atomic E-state index is 0.0358. The number of amidine groups is 1. The van der Waals surface area contributed by atoms with E-state index >= 15 is 0 Å². The number of carbonyl (C=O) groups excluding carboxylic acids is 3. The third-order valence-electron chi connectivity index (χ3n) is 24.1. The summed E-state index contributed by atoms with van der Waals surface area (Å²) in [6.07, 6.45) is 7.34. The van der Waals surface area contributed by atoms with Gasteiger partial charge < -0.3 is 30.6 Å². The van der Waals surface area contributed by atoms with Crippen LogP contribution in [-0.4, -0.2) is 131 Å². The van der Waals surface area contributed by atoms with Crippen molar-refractivity contribution in [2.24, 2.45) is 49.7 Å². The van der Waals surface area contributed by atoms with Crippen LogP contribution in [-0.2, 0) is 83.7 Å². The highest BCUT2D eigenvalue weighted by Crippen LogP contribution is 2.65. The average Bonchev–Trinajstić information content (AvgIpc) is 1.54. The maximum atomic E-state index is 14.1. The first-order valence-electron chi connectivity index (χ1n) is 35.8. The van der Waals surface area contributed by atoms with Crippen LogP contribution < -0.4 is 16.4 Å². The molecule has 12 aliphatic rings. The first kappa shape index (κ1) is 76.9. The number of guanidine groups is 1. The van der Waals surface area contributed by atoms with E-state index in [9.17, 15) is 67.1 Å². The summed E-state index contributed by atoms with van der Waals surface area (Å²) in [6.45, 7) is -3.07. The number of hydrogen-bond donors (Lipinski definition) is 3. The monoisotopic (exact) mass is 1590 g/mol. The number of thioether (sulfide) groups is 1. The van der Waals surface area contributed by atoms with E-state index in [-0.39, 0.29) is 41.3 Å². The van der Waals surface area contributed by atoms with E-state index < -0.39 is 92.4 Å². The summed E-state index contributed by atoms with van der Waals surface area (Å²) in [7, 11) is 5.07. The lowest BCUT2D eigenvalue weighted by Crippen LogP contribution is -2.56. The minimum atomic E-state index is -4.78. The molecule has 3 aromatic carbocycles. The second kappa shape index (κ2) is 29.4. The maximum absolute atomic E-state index is 14.1. The van der Waals surface area contributed by atoms with Crippen molar-refractivity contribution in [3.63, 3.8) is 0 Å². The number of methoxy groups -OCH3 is 3. The van der Waals surface area contributed by atoms with Crippen LogP contribution in [0.1, 0.15) is 185 Å². The van der Waals surface area contributed by atoms with Gasteiger partial charge >= 0.3 is 24.7 Å². The molecule has 9 aliphatic carbocycles. The van der Waals surface area contributed by atoms with E-state index in [1.165, 1.54) is 84.2 Å². The first-order chi connectivity index (χ1) is 48.2. The number of fused-ring (bicyclic) bond motifs is 9. The Labute approximate surface area is 610 Å². The zero-order valence-electron chi connectivity index (χ0n) is 57.6. The molecule has 3 amide bonds. The van der Waals surface area contributed by atoms with Gasteiger partial charge in [0.05, 0.1) is 28.5 Å². The van der Waals surface area contributed by atoms with Crippen LogP contribution in [0.15, 0.2) is 64.6 Å². The number of nitrogens with one attached hydrogen (secondary N) is 2. The summed E-state index contributed by atoms with van der Waals surface area (Å²) in [5.74, 6) is -0.809. The summed E-state index contributed by atoms with van der Waals surface area (Å²) in [5.41, 5.74) is 9.92. The van der Waals surface area contributed by atoms with Gasteiger partial charge in [-0.1, -0.05) is 127 Å². The third kappa shape index (κ3) is 15.7. The number of benzene rings is 3. The Morgan fingerprint density at radius 2 is 0.892 bits per heavy atom. The van der Waals surface area contributed by atoms with E-state index in [0.717, 1.165) is 117 Å². The third-order valence-corrected chi connectivity index (χ3v) is 26.2. The van der Waals surface area contributed by atoms with Gasteiger partial charge in [0.1, 0.15) is 13.1 Å². The highest BCUT2D eigenvalue weighted by molar-refractivity contribution is 14.1. The smallest absolute Gasteiger partial charge is 0.381 e. The van der Waals surface area contributed by atoms with Gasteiger partial charge in [-0.15, -0.1) is 0 Å². The molecule has 13 nitrogen and oxygen atoms in total. The van der Waals surface area contributed by atoms with Crippen molar-refractivity contribution in [1.29, 1.82) is 0 Å². The van der Waals surface area contributed by atoms with Crippen LogP contribution in [0.2, 0.25) is 0 Å². The van der Waals surface area contributed by atoms with Crippen molar-refractivity contribution in [2.45, 2.75) is 233 Å². The molecule has 102 heavy (non-hydrogen) atoms. The van der Waals surface area contributed by atoms with Crippen molar-refractivity contribution in [3.8, 4) is 0 Å². The predicted molar refractivity (Wildman–Crippen MR) is 376 cm³/mol. The number of aryl methyl sites for hydroxylation is 3. The Hall–Kier alpha value is -4.78. The Kier molecular flexibility index (Phi) is 22.2. The molecule has 1 saturated heterocycles. The van der Waals surface area contributed by atoms with Gasteiger partial charge in [0.15, 0.2) is 32.9 Å². The van der Waals surface area contributed by atoms with Crippen LogP contribution in [0.5, 0.6) is 0 Å². The molecule has 15 rings (SSSR count). The molecule has 3 heterocycles. The molecular weight excluding hydrogens is 1500 g/mol. The van der Waals surface area contributed by atoms with E-state index in [0.29, 0.717) is 83.9 Å². The molecule has 4 N–H and O–H groups in total. The Bertz CT molecular complexity index is 3690. The van der Waals surface area contributed by atoms with Crippen LogP contribution in [0.4, 0.5) is 52.7 Å². The largest absolute Gasteiger partial charge is 0.406 e. The van der Waals surface area contributed by atoms with Crippen molar-refractivity contribution in [1.82, 2.24) is 20.4 Å². The van der Waals surface area contributed by atoms with Crippen molar-refractivity contribution >= 4 is 80.5 Å². The molecule has 3 aromatic rings. The number of nitrogens with two attached hydrogens (primary N) is 1. The lowest BCUT2D eigenvalue weighted by Gasteiger charge is -2.46. The van der Waals surface area contributed by atoms with Gasteiger partial charge in [0.25, 0.3) is 17.7 Å². The number of halogens is 13. The number of thiocarbonyl (C=S) groups is 1. The Morgan fingerprint density at radius 3 is 1.25 bits per heavy atom. The quantitative estimate of drug-likeness (QED) is 0.0578. The summed E-state index contributed by atoms with van der Waals surface area (Å²) in [4.78, 5) is 51.5. The average molecular weight is 1590 g/mol. The highest BCUT2D eigenvalue weighted by atomic mass is 127. The molecule has 0 bridgehead atoms. The molecule has 7 fully saturated rings. The fourth-order valence-corrected chi connectivity index (χ4v) is 19.4. The number of amides is 3. The molecule has 6 saturated carbocycles. The SMILES string of the molecule is COC1CCC2(CC1)Cc1ccc(CCC3CC3)cc1C21N=C(N)N(CC(F)(F)F)C1=O.COC1CCC2(CC1)Cc1ccc(CCC3CC3)cc1C21N=C(SCC(F)(F)F)N(CC(F)(F)F)C1=O.COC1CCC2(CC1)Cc1ccc(CCC3CC3)cc1C21NC(=S)NC1=O.FC(F)(F)CI. The van der Waals surface area contributed by atoms with Crippen molar-refractivity contribution in [2.75, 3.05) is 44.6 Å². The molecule has 560 valence electrons. The van der Waals surface area contributed by atoms with Crippen LogP contribution >= 0.6 is 46.6 Å². The Balaban J connectivity index is 0.000000140. The van der Waals surface area contributed by atoms with Crippen LogP contribution in [0, 0.1) is 34.0 Å². The number of ether oxygens (including phenoxy) is 3. The molecule has 0 radical (unpaired) electrons. The van der Waals surface area contributed by atoms with E-state index in [4.69, 9.17) is 32.2 Å². The van der Waals surface area contributed by atoms with Gasteiger partial charge in [-0.2, -0.15) is 52.7 Å². The number of aliphatic imine (C=N–C) groups is 2. The minimum Gasteiger partial charge on any atom is -0.381 e. The topological polar surface area (TPSA) is 160 Å². The van der Waals surface area contributed by atoms with Gasteiger partial charge in [-0.3, -0.25) is 24.2 Å². The van der Waals surface area contributed by atoms with Gasteiger partial charge in [-0.25, -0.2) is 9.98 Å². The fourth-order valence-electron chi connectivity index (χ4n) is 18.3. The molecule has 3 atom stereocenters. The number of nitrogens with zero attached hydrogens (tertiary/aromatic N) is 4. The van der Waals surface area contributed by atoms with Crippen molar-refractivity contribution in [3.05, 3.63) is 105 Å². The zero-order valence-corrected chi connectivity index (χ0v) is 61.4. The maximum Gasteiger partial charge on any atom is 0.406 e.